The molecule has 2 atom stereocenters. The number of anilines is 1. The minimum Gasteiger partial charge on any atom is -0.343 e. The highest BCUT2D eigenvalue weighted by atomic mass is 16.2. The Bertz CT molecular complexity index is 1110. The number of hydrogen-bond donors (Lipinski definition) is 6. The monoisotopic (exact) mass is 491 g/mol. The average Bonchev–Trinajstić information content (AvgIpc) is 2.91. The van der Waals surface area contributed by atoms with Crippen molar-refractivity contribution in [3.8, 4) is 0 Å². The van der Waals surface area contributed by atoms with Crippen LogP contribution < -0.4 is 33.2 Å². The fourth-order valence-corrected chi connectivity index (χ4v) is 3.89. The lowest BCUT2D eigenvalue weighted by Gasteiger charge is -2.21. The first-order chi connectivity index (χ1) is 17.5. The van der Waals surface area contributed by atoms with Crippen LogP contribution in [0.4, 0.5) is 5.69 Å². The largest absolute Gasteiger partial charge is 0.343 e. The summed E-state index contributed by atoms with van der Waals surface area (Å²) < 4.78 is 0. The van der Waals surface area contributed by atoms with E-state index in [1.54, 1.807) is 6.20 Å². The van der Waals surface area contributed by atoms with Crippen molar-refractivity contribution in [3.05, 3.63) is 72.4 Å². The van der Waals surface area contributed by atoms with E-state index in [-0.39, 0.29) is 17.9 Å². The van der Waals surface area contributed by atoms with Crippen LogP contribution in [0.5, 0.6) is 0 Å². The third-order valence-electron chi connectivity index (χ3n) is 6.09. The van der Waals surface area contributed by atoms with Gasteiger partial charge in [0.1, 0.15) is 6.04 Å². The summed E-state index contributed by atoms with van der Waals surface area (Å²) in [7, 11) is 0. The van der Waals surface area contributed by atoms with Gasteiger partial charge in [-0.15, -0.1) is 0 Å². The Kier molecular flexibility index (Phi) is 10.8. The minimum absolute atomic E-state index is 0.0470. The molecule has 0 aliphatic carbocycles. The fourth-order valence-electron chi connectivity index (χ4n) is 3.89. The van der Waals surface area contributed by atoms with Gasteiger partial charge < -0.3 is 33.2 Å². The fraction of sp³-hybridized carbons (Fsp3) is 0.370. The second-order valence-electron chi connectivity index (χ2n) is 8.86. The zero-order valence-electron chi connectivity index (χ0n) is 20.5. The van der Waals surface area contributed by atoms with Gasteiger partial charge in [0.05, 0.1) is 23.4 Å². The topological polar surface area (TPSA) is 161 Å². The summed E-state index contributed by atoms with van der Waals surface area (Å²) in [6.07, 6.45) is 3.85. The molecule has 3 aromatic rings. The Balaban J connectivity index is 1.61. The van der Waals surface area contributed by atoms with Crippen LogP contribution in [0.3, 0.4) is 0 Å². The normalized spacial score (nSPS) is 12.9. The predicted octanol–water partition coefficient (Wildman–Crippen LogP) is 1.27. The molecule has 9 nitrogen and oxygen atoms in total. The second kappa shape index (κ2) is 14.3. The Morgan fingerprint density at radius 1 is 0.917 bits per heavy atom. The predicted molar refractivity (Wildman–Crippen MR) is 144 cm³/mol. The zero-order chi connectivity index (χ0) is 25.8. The van der Waals surface area contributed by atoms with Crippen molar-refractivity contribution in [1.29, 1.82) is 0 Å². The highest BCUT2D eigenvalue weighted by Crippen LogP contribution is 2.17. The van der Waals surface area contributed by atoms with Gasteiger partial charge in [0.2, 0.25) is 11.8 Å². The van der Waals surface area contributed by atoms with E-state index in [9.17, 15) is 9.59 Å². The van der Waals surface area contributed by atoms with Crippen LogP contribution in [0.15, 0.2) is 66.9 Å². The molecular formula is C27H37N7O2. The van der Waals surface area contributed by atoms with E-state index >= 15 is 0 Å². The lowest BCUT2D eigenvalue weighted by Crippen LogP contribution is -2.50. The highest BCUT2D eigenvalue weighted by molar-refractivity contribution is 5.98. The second-order valence-corrected chi connectivity index (χ2v) is 8.86. The molecule has 2 aromatic carbocycles. The number of amides is 2. The van der Waals surface area contributed by atoms with Crippen molar-refractivity contribution in [3.63, 3.8) is 0 Å². The molecule has 0 saturated carbocycles. The molecule has 0 fully saturated rings. The zero-order valence-corrected chi connectivity index (χ0v) is 20.5. The number of fused-ring (bicyclic) bond motifs is 1. The number of para-hydroxylation sites is 1. The molecular weight excluding hydrogens is 454 g/mol. The van der Waals surface area contributed by atoms with Crippen LogP contribution >= 0.6 is 0 Å². The number of aryl methyl sites for hydroxylation is 1. The molecule has 0 aliphatic heterocycles. The maximum Gasteiger partial charge on any atom is 0.247 e. The number of carbonyl (C=O) groups is 2. The number of benzene rings is 2. The molecule has 2 amide bonds. The van der Waals surface area contributed by atoms with Crippen LogP contribution in [0.25, 0.3) is 10.9 Å². The number of nitrogens with zero attached hydrogens (tertiary/aromatic N) is 1. The smallest absolute Gasteiger partial charge is 0.247 e. The standard InChI is InChI=1S/C27H37N7O2/c28-16-22(17-29)31-14-6-10-23(30)26(35)34-25(13-12-19-7-2-1-3-8-19)27(36)33-21-15-20-9-4-5-11-24(20)32-18-21/h1-5,7-9,11,15,18,22-23,25,31H,6,10,12-14,16-17,28-30H2,(H,33,36)(H,34,35)/t23-,25-/m0/s1. The third-order valence-corrected chi connectivity index (χ3v) is 6.09. The van der Waals surface area contributed by atoms with Gasteiger partial charge in [0.15, 0.2) is 0 Å². The van der Waals surface area contributed by atoms with Gasteiger partial charge in [-0.1, -0.05) is 48.5 Å². The van der Waals surface area contributed by atoms with Gasteiger partial charge in [-0.2, -0.15) is 0 Å². The van der Waals surface area contributed by atoms with Gasteiger partial charge in [-0.05, 0) is 49.9 Å². The van der Waals surface area contributed by atoms with Gasteiger partial charge in [-0.25, -0.2) is 0 Å². The molecule has 0 spiro atoms. The van der Waals surface area contributed by atoms with E-state index in [0.29, 0.717) is 51.0 Å². The Morgan fingerprint density at radius 2 is 1.64 bits per heavy atom. The first-order valence-electron chi connectivity index (χ1n) is 12.4. The molecule has 0 saturated heterocycles. The number of nitrogens with two attached hydrogens (primary N) is 3. The number of aromatic nitrogens is 1. The lowest BCUT2D eigenvalue weighted by atomic mass is 10.0. The van der Waals surface area contributed by atoms with Crippen LogP contribution in [-0.4, -0.2) is 54.6 Å². The first-order valence-corrected chi connectivity index (χ1v) is 12.4. The van der Waals surface area contributed by atoms with Gasteiger partial charge in [0.25, 0.3) is 0 Å². The molecule has 3 rings (SSSR count). The summed E-state index contributed by atoms with van der Waals surface area (Å²) in [4.78, 5) is 30.4. The molecule has 36 heavy (non-hydrogen) atoms. The Morgan fingerprint density at radius 3 is 2.39 bits per heavy atom. The summed E-state index contributed by atoms with van der Waals surface area (Å²) in [5.41, 5.74) is 19.9. The van der Waals surface area contributed by atoms with E-state index < -0.39 is 12.1 Å². The van der Waals surface area contributed by atoms with Crippen molar-refractivity contribution in [1.82, 2.24) is 15.6 Å². The maximum absolute atomic E-state index is 13.2. The summed E-state index contributed by atoms with van der Waals surface area (Å²) in [6, 6.07) is 18.0. The molecule has 0 bridgehead atoms. The molecule has 1 heterocycles. The number of rotatable bonds is 14. The molecule has 192 valence electrons. The van der Waals surface area contributed by atoms with Crippen molar-refractivity contribution >= 4 is 28.4 Å². The van der Waals surface area contributed by atoms with Gasteiger partial charge in [-0.3, -0.25) is 14.6 Å². The van der Waals surface area contributed by atoms with Crippen molar-refractivity contribution in [2.75, 3.05) is 25.0 Å². The van der Waals surface area contributed by atoms with Crippen LogP contribution in [0.2, 0.25) is 0 Å². The van der Waals surface area contributed by atoms with E-state index in [1.807, 2.05) is 60.7 Å². The van der Waals surface area contributed by atoms with Crippen LogP contribution in [0.1, 0.15) is 24.8 Å². The summed E-state index contributed by atoms with van der Waals surface area (Å²) >= 11 is 0. The van der Waals surface area contributed by atoms with E-state index in [1.165, 1.54) is 0 Å². The SMILES string of the molecule is NCC(CN)NCCC[C@H](N)C(=O)N[C@@H](CCc1ccccc1)C(=O)Nc1cnc2ccccc2c1. The molecule has 0 unspecified atom stereocenters. The first kappa shape index (κ1) is 27.2. The number of carbonyl (C=O) groups excluding carboxylic acids is 2. The molecule has 0 aliphatic rings. The van der Waals surface area contributed by atoms with Crippen LogP contribution in [0, 0.1) is 0 Å². The Labute approximate surface area is 212 Å². The van der Waals surface area contributed by atoms with Gasteiger partial charge in [0, 0.05) is 24.5 Å². The summed E-state index contributed by atoms with van der Waals surface area (Å²) in [5, 5.41) is 9.92. The lowest BCUT2D eigenvalue weighted by molar-refractivity contribution is -0.127. The minimum atomic E-state index is -0.743. The van der Waals surface area contributed by atoms with Crippen molar-refractivity contribution in [2.45, 2.75) is 43.8 Å². The molecule has 9 heteroatoms. The molecule has 9 N–H and O–H groups in total. The van der Waals surface area contributed by atoms with Crippen LogP contribution in [-0.2, 0) is 16.0 Å². The maximum atomic E-state index is 13.2. The van der Waals surface area contributed by atoms with Crippen molar-refractivity contribution in [2.24, 2.45) is 17.2 Å². The highest BCUT2D eigenvalue weighted by Gasteiger charge is 2.24. The average molecular weight is 492 g/mol. The summed E-state index contributed by atoms with van der Waals surface area (Å²) in [5.74, 6) is -0.659. The quantitative estimate of drug-likeness (QED) is 0.185. The van der Waals surface area contributed by atoms with Gasteiger partial charge >= 0.3 is 0 Å². The Hall–Kier alpha value is -3.37. The van der Waals surface area contributed by atoms with E-state index in [2.05, 4.69) is 20.9 Å². The number of hydrogen-bond acceptors (Lipinski definition) is 7. The summed E-state index contributed by atoms with van der Waals surface area (Å²) in [6.45, 7) is 1.56. The van der Waals surface area contributed by atoms with E-state index in [4.69, 9.17) is 17.2 Å². The number of nitrogens with one attached hydrogen (secondary N) is 3. The van der Waals surface area contributed by atoms with Crippen molar-refractivity contribution < 1.29 is 9.59 Å². The molecule has 0 radical (unpaired) electrons. The molecule has 1 aromatic heterocycles. The third kappa shape index (κ3) is 8.39. The number of pyridine rings is 1. The van der Waals surface area contributed by atoms with E-state index in [0.717, 1.165) is 16.5 Å².